The number of aliphatic carboxylic acids is 1. The predicted molar refractivity (Wildman–Crippen MR) is 54.9 cm³/mol. The number of carboxylic acid groups (broad SMARTS) is 1. The zero-order chi connectivity index (χ0) is 10.6. The topological polar surface area (TPSA) is 75.3 Å². The highest BCUT2D eigenvalue weighted by Crippen LogP contribution is 2.16. The normalized spacial score (nSPS) is 26.4. The minimum atomic E-state index is -0.985. The van der Waals surface area contributed by atoms with Crippen molar-refractivity contribution in [2.45, 2.75) is 24.9 Å². The van der Waals surface area contributed by atoms with Crippen LogP contribution < -0.4 is 11.1 Å². The van der Waals surface area contributed by atoms with E-state index in [0.717, 1.165) is 18.4 Å². The van der Waals surface area contributed by atoms with Gasteiger partial charge < -0.3 is 16.2 Å². The summed E-state index contributed by atoms with van der Waals surface area (Å²) in [5, 5.41) is 11.7. The fourth-order valence-corrected chi connectivity index (χ4v) is 1.42. The first-order valence-corrected chi connectivity index (χ1v) is 4.68. The first kappa shape index (κ1) is 10.9. The Balaban J connectivity index is 2.60. The van der Waals surface area contributed by atoms with Crippen LogP contribution in [0.1, 0.15) is 12.8 Å². The van der Waals surface area contributed by atoms with Gasteiger partial charge in [0.15, 0.2) is 0 Å². The standard InChI is InChI=1S/C10H16N2O2/c1-12-8-4-2-7(3-5-8)6-9(11)10(13)14/h2,4,6,8-9,12H,3,5,11H2,1H3,(H,13,14)/b7-6+. The van der Waals surface area contributed by atoms with Crippen LogP contribution in [-0.4, -0.2) is 30.2 Å². The van der Waals surface area contributed by atoms with Gasteiger partial charge in [0.1, 0.15) is 6.04 Å². The highest BCUT2D eigenvalue weighted by molar-refractivity contribution is 5.75. The van der Waals surface area contributed by atoms with Crippen LogP contribution in [0.4, 0.5) is 0 Å². The molecule has 4 heteroatoms. The van der Waals surface area contributed by atoms with Gasteiger partial charge in [-0.2, -0.15) is 0 Å². The van der Waals surface area contributed by atoms with E-state index in [1.165, 1.54) is 0 Å². The van der Waals surface area contributed by atoms with E-state index in [1.807, 2.05) is 19.2 Å². The van der Waals surface area contributed by atoms with Gasteiger partial charge in [0.05, 0.1) is 0 Å². The lowest BCUT2D eigenvalue weighted by molar-refractivity contribution is -0.137. The summed E-state index contributed by atoms with van der Waals surface area (Å²) in [7, 11) is 1.91. The highest BCUT2D eigenvalue weighted by atomic mass is 16.4. The molecular formula is C10H16N2O2. The third-order valence-corrected chi connectivity index (χ3v) is 2.34. The maximum atomic E-state index is 10.5. The maximum Gasteiger partial charge on any atom is 0.324 e. The molecule has 1 aliphatic carbocycles. The molecule has 0 saturated carbocycles. The van der Waals surface area contributed by atoms with Crippen molar-refractivity contribution in [3.05, 3.63) is 23.8 Å². The first-order chi connectivity index (χ1) is 6.63. The Morgan fingerprint density at radius 2 is 2.57 bits per heavy atom. The van der Waals surface area contributed by atoms with Crippen LogP contribution in [0.5, 0.6) is 0 Å². The van der Waals surface area contributed by atoms with E-state index >= 15 is 0 Å². The van der Waals surface area contributed by atoms with Crippen molar-refractivity contribution < 1.29 is 9.90 Å². The zero-order valence-corrected chi connectivity index (χ0v) is 8.23. The molecule has 0 heterocycles. The zero-order valence-electron chi connectivity index (χ0n) is 8.23. The maximum absolute atomic E-state index is 10.5. The van der Waals surface area contributed by atoms with E-state index in [1.54, 1.807) is 6.08 Å². The summed E-state index contributed by atoms with van der Waals surface area (Å²) in [6, 6.07) is -0.492. The molecule has 0 aromatic rings. The van der Waals surface area contributed by atoms with E-state index in [4.69, 9.17) is 10.8 Å². The monoisotopic (exact) mass is 196 g/mol. The van der Waals surface area contributed by atoms with Gasteiger partial charge in [-0.3, -0.25) is 4.79 Å². The van der Waals surface area contributed by atoms with E-state index < -0.39 is 12.0 Å². The van der Waals surface area contributed by atoms with Crippen LogP contribution in [0.2, 0.25) is 0 Å². The summed E-state index contributed by atoms with van der Waals surface area (Å²) < 4.78 is 0. The van der Waals surface area contributed by atoms with E-state index in [0.29, 0.717) is 6.04 Å². The van der Waals surface area contributed by atoms with Crippen LogP contribution in [0.3, 0.4) is 0 Å². The molecule has 0 aromatic carbocycles. The van der Waals surface area contributed by atoms with Crippen molar-refractivity contribution in [3.63, 3.8) is 0 Å². The number of carboxylic acids is 1. The minimum Gasteiger partial charge on any atom is -0.480 e. The quantitative estimate of drug-likeness (QED) is 0.605. The van der Waals surface area contributed by atoms with Crippen LogP contribution in [0, 0.1) is 0 Å². The SMILES string of the molecule is CNC1C=C/C(=C\C(N)C(=O)O)CC1. The molecule has 4 N–H and O–H groups in total. The van der Waals surface area contributed by atoms with Gasteiger partial charge in [-0.25, -0.2) is 0 Å². The van der Waals surface area contributed by atoms with E-state index in [-0.39, 0.29) is 0 Å². The summed E-state index contributed by atoms with van der Waals surface area (Å²) >= 11 is 0. The van der Waals surface area contributed by atoms with Gasteiger partial charge >= 0.3 is 5.97 Å². The number of hydrogen-bond acceptors (Lipinski definition) is 3. The van der Waals surface area contributed by atoms with Gasteiger partial charge in [-0.15, -0.1) is 0 Å². The Kier molecular flexibility index (Phi) is 3.85. The molecule has 2 atom stereocenters. The molecule has 0 radical (unpaired) electrons. The second-order valence-corrected chi connectivity index (χ2v) is 3.40. The Labute approximate surface area is 83.5 Å². The Morgan fingerprint density at radius 1 is 1.86 bits per heavy atom. The molecule has 1 aliphatic rings. The molecule has 1 rings (SSSR count). The number of carbonyl (C=O) groups is 1. The molecule has 14 heavy (non-hydrogen) atoms. The van der Waals surface area contributed by atoms with Crippen LogP contribution in [0.25, 0.3) is 0 Å². The summed E-state index contributed by atoms with van der Waals surface area (Å²) in [6.45, 7) is 0. The fraction of sp³-hybridized carbons (Fsp3) is 0.500. The average Bonchev–Trinajstić information content (AvgIpc) is 2.19. The smallest absolute Gasteiger partial charge is 0.324 e. The second kappa shape index (κ2) is 4.93. The second-order valence-electron chi connectivity index (χ2n) is 3.40. The van der Waals surface area contributed by atoms with E-state index in [9.17, 15) is 4.79 Å². The van der Waals surface area contributed by atoms with E-state index in [2.05, 4.69) is 5.32 Å². The van der Waals surface area contributed by atoms with Crippen molar-refractivity contribution in [1.29, 1.82) is 0 Å². The number of hydrogen-bond donors (Lipinski definition) is 3. The van der Waals surface area contributed by atoms with Crippen LogP contribution in [0.15, 0.2) is 23.8 Å². The molecule has 2 unspecified atom stereocenters. The molecule has 0 saturated heterocycles. The summed E-state index contributed by atoms with van der Waals surface area (Å²) in [4.78, 5) is 10.5. The van der Waals surface area contributed by atoms with Crippen LogP contribution >= 0.6 is 0 Å². The molecule has 0 fully saturated rings. The summed E-state index contributed by atoms with van der Waals surface area (Å²) in [6.07, 6.45) is 7.44. The minimum absolute atomic E-state index is 0.396. The largest absolute Gasteiger partial charge is 0.480 e. The van der Waals surface area contributed by atoms with Crippen LogP contribution in [-0.2, 0) is 4.79 Å². The first-order valence-electron chi connectivity index (χ1n) is 4.68. The van der Waals surface area contributed by atoms with Crippen molar-refractivity contribution in [1.82, 2.24) is 5.32 Å². The molecular weight excluding hydrogens is 180 g/mol. The lowest BCUT2D eigenvalue weighted by Gasteiger charge is -2.17. The molecule has 0 aliphatic heterocycles. The van der Waals surface area contributed by atoms with Crippen molar-refractivity contribution in [2.24, 2.45) is 5.73 Å². The number of likely N-dealkylation sites (N-methyl/N-ethyl adjacent to an activating group) is 1. The third-order valence-electron chi connectivity index (χ3n) is 2.34. The van der Waals surface area contributed by atoms with Crippen molar-refractivity contribution in [2.75, 3.05) is 7.05 Å². The van der Waals surface area contributed by atoms with Crippen molar-refractivity contribution in [3.8, 4) is 0 Å². The predicted octanol–water partition coefficient (Wildman–Crippen LogP) is 0.263. The molecule has 78 valence electrons. The van der Waals surface area contributed by atoms with Gasteiger partial charge in [0, 0.05) is 6.04 Å². The van der Waals surface area contributed by atoms with Gasteiger partial charge in [0.2, 0.25) is 0 Å². The van der Waals surface area contributed by atoms with Gasteiger partial charge in [0.25, 0.3) is 0 Å². The number of rotatable bonds is 3. The Hall–Kier alpha value is -1.13. The molecule has 0 bridgehead atoms. The molecule has 0 aromatic heterocycles. The fourth-order valence-electron chi connectivity index (χ4n) is 1.42. The Bertz CT molecular complexity index is 271. The lowest BCUT2D eigenvalue weighted by atomic mass is 9.97. The number of nitrogens with one attached hydrogen (secondary N) is 1. The number of nitrogens with two attached hydrogens (primary N) is 1. The lowest BCUT2D eigenvalue weighted by Crippen LogP contribution is -2.29. The average molecular weight is 196 g/mol. The van der Waals surface area contributed by atoms with Gasteiger partial charge in [-0.05, 0) is 19.9 Å². The van der Waals surface area contributed by atoms with Gasteiger partial charge in [-0.1, -0.05) is 23.8 Å². The van der Waals surface area contributed by atoms with Crippen molar-refractivity contribution >= 4 is 5.97 Å². The molecule has 4 nitrogen and oxygen atoms in total. The molecule has 0 amide bonds. The highest BCUT2D eigenvalue weighted by Gasteiger charge is 2.12. The summed E-state index contributed by atoms with van der Waals surface area (Å²) in [5.74, 6) is -0.985. The molecule has 0 spiro atoms. The number of allylic oxidation sites excluding steroid dienone is 2. The third kappa shape index (κ3) is 2.97. The summed E-state index contributed by atoms with van der Waals surface area (Å²) in [5.41, 5.74) is 6.39. The Morgan fingerprint density at radius 3 is 3.00 bits per heavy atom.